The lowest BCUT2D eigenvalue weighted by Crippen LogP contribution is -2.47. The third kappa shape index (κ3) is 3.96. The van der Waals surface area contributed by atoms with Crippen molar-refractivity contribution in [1.29, 1.82) is 0 Å². The van der Waals surface area contributed by atoms with E-state index in [2.05, 4.69) is 5.32 Å². The Bertz CT molecular complexity index is 503. The van der Waals surface area contributed by atoms with Gasteiger partial charge in [0, 0.05) is 31.7 Å². The first-order valence-electron chi connectivity index (χ1n) is 7.28. The smallest absolute Gasteiger partial charge is 0.317 e. The number of carbonyl (C=O) groups is 2. The molecule has 0 saturated carbocycles. The molecule has 1 unspecified atom stereocenters. The van der Waals surface area contributed by atoms with Gasteiger partial charge in [-0.1, -0.05) is 18.2 Å². The van der Waals surface area contributed by atoms with Gasteiger partial charge in [-0.25, -0.2) is 4.79 Å². The zero-order valence-electron chi connectivity index (χ0n) is 12.3. The molecule has 1 heterocycles. The number of benzene rings is 1. The summed E-state index contributed by atoms with van der Waals surface area (Å²) in [6, 6.07) is 8.65. The van der Waals surface area contributed by atoms with E-state index in [1.807, 2.05) is 30.3 Å². The molecule has 0 aromatic heterocycles. The number of aliphatic hydroxyl groups excluding tert-OH is 2. The van der Waals surface area contributed by atoms with Gasteiger partial charge in [0.25, 0.3) is 0 Å². The summed E-state index contributed by atoms with van der Waals surface area (Å²) < 4.78 is 0. The molecule has 0 spiro atoms. The average molecular weight is 307 g/mol. The number of amides is 3. The predicted molar refractivity (Wildman–Crippen MR) is 81.5 cm³/mol. The van der Waals surface area contributed by atoms with E-state index in [1.165, 1.54) is 4.90 Å². The fourth-order valence-electron chi connectivity index (χ4n) is 2.48. The summed E-state index contributed by atoms with van der Waals surface area (Å²) in [6.45, 7) is 0.367. The Morgan fingerprint density at radius 1 is 1.23 bits per heavy atom. The van der Waals surface area contributed by atoms with E-state index < -0.39 is 0 Å². The summed E-state index contributed by atoms with van der Waals surface area (Å²) >= 11 is 0. The van der Waals surface area contributed by atoms with Crippen molar-refractivity contribution >= 4 is 17.6 Å². The first-order valence-corrected chi connectivity index (χ1v) is 7.28. The Labute approximate surface area is 129 Å². The number of hydrogen-bond acceptors (Lipinski definition) is 4. The van der Waals surface area contributed by atoms with E-state index in [1.54, 1.807) is 4.90 Å². The first-order chi connectivity index (χ1) is 10.7. The summed E-state index contributed by atoms with van der Waals surface area (Å²) in [4.78, 5) is 27.1. The van der Waals surface area contributed by atoms with Crippen molar-refractivity contribution in [3.05, 3.63) is 30.3 Å². The number of aliphatic hydroxyl groups is 2. The number of urea groups is 1. The van der Waals surface area contributed by atoms with E-state index in [4.69, 9.17) is 10.2 Å². The van der Waals surface area contributed by atoms with Gasteiger partial charge in [-0.3, -0.25) is 4.79 Å². The molecule has 7 nitrogen and oxygen atoms in total. The molecule has 1 atom stereocenters. The van der Waals surface area contributed by atoms with Gasteiger partial charge in [-0.2, -0.15) is 0 Å². The maximum absolute atomic E-state index is 12.1. The highest BCUT2D eigenvalue weighted by atomic mass is 16.3. The normalized spacial score (nSPS) is 17.6. The second kappa shape index (κ2) is 7.77. The van der Waals surface area contributed by atoms with Crippen LogP contribution in [0.2, 0.25) is 0 Å². The van der Waals surface area contributed by atoms with E-state index in [-0.39, 0.29) is 50.7 Å². The van der Waals surface area contributed by atoms with Gasteiger partial charge >= 0.3 is 6.03 Å². The molecule has 7 heteroatoms. The predicted octanol–water partition coefficient (Wildman–Crippen LogP) is -0.212. The summed E-state index contributed by atoms with van der Waals surface area (Å²) in [5.41, 5.74) is 0.812. The number of carbonyl (C=O) groups excluding carboxylic acids is 2. The Kier molecular flexibility index (Phi) is 5.74. The molecule has 3 amide bonds. The molecule has 22 heavy (non-hydrogen) atoms. The highest BCUT2D eigenvalue weighted by molar-refractivity contribution is 5.96. The van der Waals surface area contributed by atoms with Gasteiger partial charge in [0.1, 0.15) is 0 Å². The molecule has 1 aliphatic heterocycles. The van der Waals surface area contributed by atoms with Crippen LogP contribution in [0.5, 0.6) is 0 Å². The van der Waals surface area contributed by atoms with Crippen LogP contribution in [0.4, 0.5) is 10.5 Å². The molecular formula is C15H21N3O4. The van der Waals surface area contributed by atoms with Crippen molar-refractivity contribution in [2.24, 2.45) is 0 Å². The minimum atomic E-state index is -0.379. The lowest BCUT2D eigenvalue weighted by molar-refractivity contribution is -0.117. The number of nitrogens with one attached hydrogen (secondary N) is 1. The maximum Gasteiger partial charge on any atom is 0.317 e. The van der Waals surface area contributed by atoms with Gasteiger partial charge in [0.15, 0.2) is 0 Å². The van der Waals surface area contributed by atoms with Crippen LogP contribution in [0.3, 0.4) is 0 Å². The maximum atomic E-state index is 12.1. The van der Waals surface area contributed by atoms with Crippen molar-refractivity contribution < 1.29 is 19.8 Å². The highest BCUT2D eigenvalue weighted by Gasteiger charge is 2.32. The van der Waals surface area contributed by atoms with Crippen molar-refractivity contribution in [2.75, 3.05) is 37.7 Å². The zero-order valence-corrected chi connectivity index (χ0v) is 12.3. The van der Waals surface area contributed by atoms with Crippen molar-refractivity contribution in [1.82, 2.24) is 10.2 Å². The highest BCUT2D eigenvalue weighted by Crippen LogP contribution is 2.21. The standard InChI is InChI=1S/C15H21N3O4/c19-8-6-17(7-9-20)15(22)16-12-10-14(21)18(11-12)13-4-2-1-3-5-13/h1-5,12,19-20H,6-11H2,(H,16,22). The van der Waals surface area contributed by atoms with E-state index in [0.717, 1.165) is 5.69 Å². The van der Waals surface area contributed by atoms with E-state index >= 15 is 0 Å². The lowest BCUT2D eigenvalue weighted by Gasteiger charge is -2.23. The van der Waals surface area contributed by atoms with Crippen LogP contribution in [0, 0.1) is 0 Å². The summed E-state index contributed by atoms with van der Waals surface area (Å²) in [7, 11) is 0. The molecule has 1 aliphatic rings. The number of hydrogen-bond donors (Lipinski definition) is 3. The van der Waals surface area contributed by atoms with Gasteiger partial charge in [-0.15, -0.1) is 0 Å². The van der Waals surface area contributed by atoms with Gasteiger partial charge in [0.05, 0.1) is 19.3 Å². The van der Waals surface area contributed by atoms with Gasteiger partial charge < -0.3 is 25.3 Å². The van der Waals surface area contributed by atoms with E-state index in [9.17, 15) is 9.59 Å². The third-order valence-electron chi connectivity index (χ3n) is 3.55. The van der Waals surface area contributed by atoms with Crippen LogP contribution in [0.25, 0.3) is 0 Å². The largest absolute Gasteiger partial charge is 0.395 e. The Morgan fingerprint density at radius 2 is 1.86 bits per heavy atom. The molecular weight excluding hydrogens is 286 g/mol. The lowest BCUT2D eigenvalue weighted by atomic mass is 10.2. The van der Waals surface area contributed by atoms with E-state index in [0.29, 0.717) is 6.54 Å². The van der Waals surface area contributed by atoms with Crippen molar-refractivity contribution in [3.63, 3.8) is 0 Å². The average Bonchev–Trinajstić information content (AvgIpc) is 2.88. The number of anilines is 1. The Hall–Kier alpha value is -2.12. The molecule has 1 fully saturated rings. The number of para-hydroxylation sites is 1. The molecule has 2 rings (SSSR count). The molecule has 0 aliphatic carbocycles. The molecule has 3 N–H and O–H groups in total. The second-order valence-electron chi connectivity index (χ2n) is 5.12. The monoisotopic (exact) mass is 307 g/mol. The molecule has 1 saturated heterocycles. The van der Waals surface area contributed by atoms with Gasteiger partial charge in [-0.05, 0) is 12.1 Å². The summed E-state index contributed by atoms with van der Waals surface area (Å²) in [5.74, 6) is -0.0348. The second-order valence-corrected chi connectivity index (χ2v) is 5.12. The SMILES string of the molecule is O=C(NC1CC(=O)N(c2ccccc2)C1)N(CCO)CCO. The van der Waals surface area contributed by atoms with Crippen LogP contribution in [-0.4, -0.2) is 65.9 Å². The fraction of sp³-hybridized carbons (Fsp3) is 0.467. The van der Waals surface area contributed by atoms with Crippen LogP contribution in [0.15, 0.2) is 30.3 Å². The third-order valence-corrected chi connectivity index (χ3v) is 3.55. The topological polar surface area (TPSA) is 93.1 Å². The number of nitrogens with zero attached hydrogens (tertiary/aromatic N) is 2. The molecule has 1 aromatic carbocycles. The molecule has 0 radical (unpaired) electrons. The van der Waals surface area contributed by atoms with Crippen LogP contribution < -0.4 is 10.2 Å². The number of rotatable bonds is 6. The zero-order chi connectivity index (χ0) is 15.9. The molecule has 0 bridgehead atoms. The molecule has 120 valence electrons. The summed E-state index contributed by atoms with van der Waals surface area (Å²) in [6.07, 6.45) is 0.243. The minimum absolute atomic E-state index is 0.0348. The quantitative estimate of drug-likeness (QED) is 0.678. The Morgan fingerprint density at radius 3 is 2.45 bits per heavy atom. The van der Waals surface area contributed by atoms with Crippen LogP contribution >= 0.6 is 0 Å². The fourth-order valence-corrected chi connectivity index (χ4v) is 2.48. The Balaban J connectivity index is 1.94. The van der Waals surface area contributed by atoms with Crippen LogP contribution in [0.1, 0.15) is 6.42 Å². The van der Waals surface area contributed by atoms with Crippen molar-refractivity contribution in [2.45, 2.75) is 12.5 Å². The van der Waals surface area contributed by atoms with Crippen LogP contribution in [-0.2, 0) is 4.79 Å². The van der Waals surface area contributed by atoms with Crippen molar-refractivity contribution in [3.8, 4) is 0 Å². The minimum Gasteiger partial charge on any atom is -0.395 e. The van der Waals surface area contributed by atoms with Gasteiger partial charge in [0.2, 0.25) is 5.91 Å². The first kappa shape index (κ1) is 16.3. The summed E-state index contributed by atoms with van der Waals surface area (Å²) in [5, 5.41) is 20.7. The molecule has 1 aromatic rings.